The van der Waals surface area contributed by atoms with Crippen LogP contribution in [0.2, 0.25) is 0 Å². The summed E-state index contributed by atoms with van der Waals surface area (Å²) in [6.45, 7) is 9.12. The van der Waals surface area contributed by atoms with Crippen LogP contribution in [0.3, 0.4) is 0 Å². The van der Waals surface area contributed by atoms with Crippen molar-refractivity contribution >= 4 is 60.3 Å². The molecule has 2 aromatic heterocycles. The van der Waals surface area contributed by atoms with Gasteiger partial charge in [0, 0.05) is 74.0 Å². The number of piperazine rings is 1. The summed E-state index contributed by atoms with van der Waals surface area (Å²) in [5.74, 6) is -0.310. The Labute approximate surface area is 364 Å². The molecular formula is C41H50Cl2F3N9O6. The highest BCUT2D eigenvalue weighted by molar-refractivity contribution is 6.04. The molecule has 1 unspecified atom stereocenters. The number of halogens is 5. The highest BCUT2D eigenvalue weighted by Crippen LogP contribution is 2.38. The van der Waals surface area contributed by atoms with Crippen LogP contribution in [-0.4, -0.2) is 107 Å². The summed E-state index contributed by atoms with van der Waals surface area (Å²) in [5.41, 5.74) is 2.08. The number of carbonyl (C=O) groups is 4. The van der Waals surface area contributed by atoms with Crippen molar-refractivity contribution in [3.63, 3.8) is 0 Å². The molecular weight excluding hydrogens is 842 g/mol. The number of aromatic nitrogens is 3. The molecule has 20 heteroatoms. The molecule has 0 saturated carbocycles. The second kappa shape index (κ2) is 20.2. The van der Waals surface area contributed by atoms with Crippen LogP contribution in [0.25, 0.3) is 22.4 Å². The smallest absolute Gasteiger partial charge is 0.453 e. The van der Waals surface area contributed by atoms with E-state index in [0.29, 0.717) is 54.5 Å². The van der Waals surface area contributed by atoms with E-state index in [9.17, 15) is 32.3 Å². The first-order chi connectivity index (χ1) is 28.1. The Morgan fingerprint density at radius 1 is 0.934 bits per heavy atom. The van der Waals surface area contributed by atoms with E-state index in [4.69, 9.17) is 9.72 Å². The number of nitrogens with one attached hydrogen (secondary N) is 4. The second-order valence-electron chi connectivity index (χ2n) is 15.0. The lowest BCUT2D eigenvalue weighted by Gasteiger charge is -2.44. The quantitative estimate of drug-likeness (QED) is 0.126. The number of amides is 5. The SMILES string of the molecule is CNC(=O)N1C[C@@H](C)N(c2ccc(C(=O)Nc3ccc(-c4ccc(-c5c[nH]c(C6CCCN6C(=O)[C@@H](NC(=O)OC)C(C)C)n5)cc4)c(OC(F)(F)F)c3)cn2)C[C@@H]1C.Cl.Cl. The number of imidazole rings is 1. The fourth-order valence-electron chi connectivity index (χ4n) is 7.48. The average molecular weight is 893 g/mol. The van der Waals surface area contributed by atoms with Gasteiger partial charge in [0.15, 0.2) is 0 Å². The summed E-state index contributed by atoms with van der Waals surface area (Å²) in [6, 6.07) is 12.7. The monoisotopic (exact) mass is 891 g/mol. The van der Waals surface area contributed by atoms with E-state index in [1.165, 1.54) is 25.4 Å². The van der Waals surface area contributed by atoms with Crippen molar-refractivity contribution < 1.29 is 41.8 Å². The lowest BCUT2D eigenvalue weighted by Crippen LogP contribution is -2.60. The van der Waals surface area contributed by atoms with Crippen LogP contribution in [0.1, 0.15) is 62.8 Å². The van der Waals surface area contributed by atoms with Gasteiger partial charge in [0.25, 0.3) is 5.91 Å². The highest BCUT2D eigenvalue weighted by atomic mass is 35.5. The number of alkyl carbamates (subject to hydrolysis) is 1. The minimum atomic E-state index is -5.01. The van der Waals surface area contributed by atoms with Gasteiger partial charge < -0.3 is 45.1 Å². The summed E-state index contributed by atoms with van der Waals surface area (Å²) < 4.78 is 50.1. The minimum absolute atomic E-state index is 0. The molecule has 0 radical (unpaired) electrons. The van der Waals surface area contributed by atoms with Gasteiger partial charge in [0.2, 0.25) is 5.91 Å². The van der Waals surface area contributed by atoms with Gasteiger partial charge in [-0.05, 0) is 62.4 Å². The lowest BCUT2D eigenvalue weighted by molar-refractivity contribution is -0.274. The summed E-state index contributed by atoms with van der Waals surface area (Å²) >= 11 is 0. The maximum Gasteiger partial charge on any atom is 0.573 e. The minimum Gasteiger partial charge on any atom is -0.453 e. The molecule has 2 aromatic carbocycles. The number of aromatic amines is 1. The van der Waals surface area contributed by atoms with Crippen LogP contribution in [0.4, 0.5) is 34.3 Å². The number of urea groups is 1. The topological polar surface area (TPSA) is 174 Å². The number of ether oxygens (including phenoxy) is 2. The van der Waals surface area contributed by atoms with Crippen molar-refractivity contribution in [2.75, 3.05) is 44.0 Å². The second-order valence-corrected chi connectivity index (χ2v) is 15.0. The Morgan fingerprint density at radius 3 is 2.26 bits per heavy atom. The van der Waals surface area contributed by atoms with Gasteiger partial charge in [-0.1, -0.05) is 38.1 Å². The zero-order valence-corrected chi connectivity index (χ0v) is 36.0. The molecule has 0 spiro atoms. The van der Waals surface area contributed by atoms with Gasteiger partial charge in [0.05, 0.1) is 24.4 Å². The van der Waals surface area contributed by atoms with E-state index < -0.39 is 30.2 Å². The van der Waals surface area contributed by atoms with Crippen LogP contribution in [0.5, 0.6) is 5.75 Å². The van der Waals surface area contributed by atoms with Gasteiger partial charge in [-0.25, -0.2) is 19.6 Å². The Morgan fingerprint density at radius 2 is 1.64 bits per heavy atom. The molecule has 4 heterocycles. The maximum absolute atomic E-state index is 13.7. The molecule has 4 aromatic rings. The largest absolute Gasteiger partial charge is 0.573 e. The van der Waals surface area contributed by atoms with Crippen molar-refractivity contribution in [2.45, 2.75) is 71.1 Å². The number of nitrogens with zero attached hydrogens (tertiary/aromatic N) is 5. The molecule has 4 N–H and O–H groups in total. The maximum atomic E-state index is 13.7. The number of hydrogen-bond acceptors (Lipinski definition) is 9. The fourth-order valence-corrected chi connectivity index (χ4v) is 7.48. The van der Waals surface area contributed by atoms with Crippen molar-refractivity contribution in [1.82, 2.24) is 35.4 Å². The van der Waals surface area contributed by atoms with Crippen molar-refractivity contribution in [3.8, 4) is 28.1 Å². The summed E-state index contributed by atoms with van der Waals surface area (Å²) in [5, 5.41) is 7.93. The number of hydrogen-bond donors (Lipinski definition) is 4. The Bertz CT molecular complexity index is 2160. The average Bonchev–Trinajstić information content (AvgIpc) is 3.90. The van der Waals surface area contributed by atoms with E-state index in [-0.39, 0.29) is 77.6 Å². The predicted octanol–water partition coefficient (Wildman–Crippen LogP) is 7.42. The van der Waals surface area contributed by atoms with Crippen molar-refractivity contribution in [2.24, 2.45) is 5.92 Å². The molecule has 2 aliphatic heterocycles. The van der Waals surface area contributed by atoms with Crippen LogP contribution < -0.4 is 25.6 Å². The molecule has 0 bridgehead atoms. The predicted molar refractivity (Wildman–Crippen MR) is 228 cm³/mol. The molecule has 2 saturated heterocycles. The van der Waals surface area contributed by atoms with E-state index >= 15 is 0 Å². The number of pyridine rings is 1. The number of carbonyl (C=O) groups excluding carboxylic acids is 4. The first kappa shape index (κ1) is 47.9. The van der Waals surface area contributed by atoms with Gasteiger partial charge in [-0.2, -0.15) is 0 Å². The lowest BCUT2D eigenvalue weighted by atomic mass is 10.0. The summed E-state index contributed by atoms with van der Waals surface area (Å²) in [6.07, 6.45) is -1.18. The zero-order chi connectivity index (χ0) is 42.6. The third-order valence-corrected chi connectivity index (χ3v) is 10.6. The van der Waals surface area contributed by atoms with E-state index in [1.807, 2.05) is 27.7 Å². The van der Waals surface area contributed by atoms with E-state index in [0.717, 1.165) is 12.5 Å². The Hall–Kier alpha value is -5.75. The number of H-pyrrole nitrogens is 1. The molecule has 2 fully saturated rings. The Balaban J connectivity index is 0.00000410. The van der Waals surface area contributed by atoms with E-state index in [2.05, 4.69) is 35.6 Å². The van der Waals surface area contributed by atoms with Crippen molar-refractivity contribution in [3.05, 3.63) is 78.4 Å². The van der Waals surface area contributed by atoms with Crippen LogP contribution in [0.15, 0.2) is 67.0 Å². The van der Waals surface area contributed by atoms with E-state index in [1.54, 1.807) is 59.4 Å². The van der Waals surface area contributed by atoms with Gasteiger partial charge >= 0.3 is 18.5 Å². The molecule has 2 aliphatic rings. The van der Waals surface area contributed by atoms with Gasteiger partial charge in [-0.15, -0.1) is 38.0 Å². The molecule has 4 atom stereocenters. The highest BCUT2D eigenvalue weighted by Gasteiger charge is 2.38. The first-order valence-corrected chi connectivity index (χ1v) is 19.3. The van der Waals surface area contributed by atoms with Gasteiger partial charge in [0.1, 0.15) is 23.4 Å². The Kier molecular flexibility index (Phi) is 15.9. The van der Waals surface area contributed by atoms with Crippen molar-refractivity contribution in [1.29, 1.82) is 0 Å². The zero-order valence-electron chi connectivity index (χ0n) is 34.4. The number of methoxy groups -OCH3 is 1. The fraction of sp³-hybridized carbons (Fsp3) is 0.415. The van der Waals surface area contributed by atoms with Crippen LogP contribution in [-0.2, 0) is 9.53 Å². The standard InChI is InChI=1S/C41H48F3N9O6.2ClH/c1-23(2)35(50-40(57)58-6)38(55)51-17-7-8-32(51)36-47-20-31(49-36)27-11-9-26(10-12-27)30-15-14-29(18-33(30)59-41(42,43)44)48-37(54)28-13-16-34(46-19-28)52-21-25(4)53(22-24(52)3)39(56)45-5;;/h9-16,18-20,23-25,32,35H,7-8,17,21-22H2,1-6H3,(H,45,56)(H,47,49)(H,48,54)(H,50,57);2*1H/t24-,25+,32?,35+;;/m1../s1. The van der Waals surface area contributed by atoms with Gasteiger partial charge in [-0.3, -0.25) is 9.59 Å². The summed E-state index contributed by atoms with van der Waals surface area (Å²) in [7, 11) is 2.83. The number of alkyl halides is 3. The molecule has 0 aliphatic carbocycles. The number of anilines is 2. The number of likely N-dealkylation sites (tertiary alicyclic amines) is 1. The van der Waals surface area contributed by atoms with Crippen LogP contribution in [0, 0.1) is 5.92 Å². The third kappa shape index (κ3) is 11.2. The third-order valence-electron chi connectivity index (χ3n) is 10.6. The molecule has 330 valence electrons. The first-order valence-electron chi connectivity index (χ1n) is 19.3. The normalized spacial score (nSPS) is 18.1. The number of rotatable bonds is 10. The molecule has 61 heavy (non-hydrogen) atoms. The summed E-state index contributed by atoms with van der Waals surface area (Å²) in [4.78, 5) is 68.8. The molecule has 6 rings (SSSR count). The molecule has 5 amide bonds. The van der Waals surface area contributed by atoms with Crippen LogP contribution >= 0.6 is 24.8 Å². The molecule has 15 nitrogen and oxygen atoms in total. The number of benzene rings is 2.